The van der Waals surface area contributed by atoms with Crippen molar-refractivity contribution in [3.63, 3.8) is 0 Å². The van der Waals surface area contributed by atoms with Crippen LogP contribution < -0.4 is 5.73 Å². The van der Waals surface area contributed by atoms with E-state index in [1.807, 2.05) is 6.92 Å². The van der Waals surface area contributed by atoms with Gasteiger partial charge in [-0.1, -0.05) is 0 Å². The minimum Gasteiger partial charge on any atom is -0.370 e. The molecule has 17 heavy (non-hydrogen) atoms. The van der Waals surface area contributed by atoms with Gasteiger partial charge >= 0.3 is 6.18 Å². The maximum Gasteiger partial charge on any atom is 0.411 e. The Hall–Kier alpha value is -1.15. The van der Waals surface area contributed by atoms with E-state index in [-0.39, 0.29) is 6.61 Å². The van der Waals surface area contributed by atoms with Crippen molar-refractivity contribution >= 4 is 0 Å². The van der Waals surface area contributed by atoms with Crippen molar-refractivity contribution in [3.8, 4) is 0 Å². The van der Waals surface area contributed by atoms with Crippen LogP contribution in [0.4, 0.5) is 13.2 Å². The summed E-state index contributed by atoms with van der Waals surface area (Å²) in [6, 6.07) is -0.521. The number of rotatable bonds is 6. The van der Waals surface area contributed by atoms with E-state index in [4.69, 9.17) is 5.73 Å². The second kappa shape index (κ2) is 5.97. The van der Waals surface area contributed by atoms with Crippen molar-refractivity contribution < 1.29 is 17.9 Å². The average Bonchev–Trinajstić information content (AvgIpc) is 2.63. The number of aromatic nitrogens is 3. The number of alkyl halides is 3. The monoisotopic (exact) mass is 252 g/mol. The zero-order valence-electron chi connectivity index (χ0n) is 9.44. The van der Waals surface area contributed by atoms with Crippen LogP contribution >= 0.6 is 0 Å². The molecule has 0 aliphatic heterocycles. The lowest BCUT2D eigenvalue weighted by atomic mass is 10.2. The Morgan fingerprint density at radius 2 is 2.24 bits per heavy atom. The number of nitrogens with two attached hydrogens (primary N) is 1. The Balaban J connectivity index is 2.32. The molecule has 5 nitrogen and oxygen atoms in total. The van der Waals surface area contributed by atoms with Gasteiger partial charge < -0.3 is 10.5 Å². The van der Waals surface area contributed by atoms with Crippen LogP contribution in [0.1, 0.15) is 12.7 Å². The standard InChI is InChI=1S/C9H15F3N4O/c1-2-16-8(14-6-15-16)3-7(13)4-17-5-9(10,11)12/h6-7H,2-5,13H2,1H3. The molecule has 1 rings (SSSR count). The van der Waals surface area contributed by atoms with Crippen LogP contribution in [0, 0.1) is 0 Å². The molecule has 0 fully saturated rings. The first-order valence-electron chi connectivity index (χ1n) is 5.19. The van der Waals surface area contributed by atoms with Gasteiger partial charge in [0.15, 0.2) is 0 Å². The van der Waals surface area contributed by atoms with Crippen molar-refractivity contribution in [1.29, 1.82) is 0 Å². The van der Waals surface area contributed by atoms with E-state index in [0.717, 1.165) is 0 Å². The van der Waals surface area contributed by atoms with Crippen LogP contribution in [-0.2, 0) is 17.7 Å². The third-order valence-electron chi connectivity index (χ3n) is 2.04. The molecule has 1 unspecified atom stereocenters. The van der Waals surface area contributed by atoms with E-state index in [1.165, 1.54) is 6.33 Å². The quantitative estimate of drug-likeness (QED) is 0.811. The molecule has 98 valence electrons. The van der Waals surface area contributed by atoms with Gasteiger partial charge in [-0.05, 0) is 6.92 Å². The van der Waals surface area contributed by atoms with Gasteiger partial charge in [0.2, 0.25) is 0 Å². The summed E-state index contributed by atoms with van der Waals surface area (Å²) in [5.74, 6) is 0.649. The number of ether oxygens (including phenoxy) is 1. The highest BCUT2D eigenvalue weighted by atomic mass is 19.4. The first-order valence-corrected chi connectivity index (χ1v) is 5.19. The summed E-state index contributed by atoms with van der Waals surface area (Å²) in [4.78, 5) is 3.98. The molecule has 1 aromatic rings. The molecule has 0 aliphatic carbocycles. The molecule has 1 aromatic heterocycles. The fourth-order valence-corrected chi connectivity index (χ4v) is 1.33. The molecular formula is C9H15F3N4O. The Morgan fingerprint density at radius 3 is 2.82 bits per heavy atom. The SMILES string of the molecule is CCn1ncnc1CC(N)COCC(F)(F)F. The molecule has 0 aliphatic rings. The Labute approximate surface area is 96.8 Å². The molecule has 2 N–H and O–H groups in total. The summed E-state index contributed by atoms with van der Waals surface area (Å²) in [7, 11) is 0. The van der Waals surface area contributed by atoms with Gasteiger partial charge in [-0.2, -0.15) is 18.3 Å². The molecule has 8 heteroatoms. The molecule has 0 aromatic carbocycles. The Bertz CT molecular complexity index is 339. The summed E-state index contributed by atoms with van der Waals surface area (Å²) < 4.78 is 41.5. The Kier molecular flexibility index (Phi) is 4.88. The molecule has 0 spiro atoms. The number of hydrogen-bond donors (Lipinski definition) is 1. The number of aryl methyl sites for hydroxylation is 1. The average molecular weight is 252 g/mol. The minimum atomic E-state index is -4.32. The predicted molar refractivity (Wildman–Crippen MR) is 54.2 cm³/mol. The minimum absolute atomic E-state index is 0.157. The molecule has 0 saturated carbocycles. The normalized spacial score (nSPS) is 13.9. The topological polar surface area (TPSA) is 66.0 Å². The van der Waals surface area contributed by atoms with Gasteiger partial charge in [0, 0.05) is 19.0 Å². The maximum atomic E-state index is 11.8. The highest BCUT2D eigenvalue weighted by Crippen LogP contribution is 2.14. The lowest BCUT2D eigenvalue weighted by molar-refractivity contribution is -0.174. The van der Waals surface area contributed by atoms with Crippen LogP contribution in [-0.4, -0.2) is 40.2 Å². The summed E-state index contributed by atoms with van der Waals surface area (Å²) in [6.45, 7) is 1.10. The number of halogens is 3. The molecular weight excluding hydrogens is 237 g/mol. The zero-order chi connectivity index (χ0) is 12.9. The lowest BCUT2D eigenvalue weighted by Crippen LogP contribution is -2.32. The third kappa shape index (κ3) is 5.14. The van der Waals surface area contributed by atoms with Crippen molar-refractivity contribution in [2.75, 3.05) is 13.2 Å². The fraction of sp³-hybridized carbons (Fsp3) is 0.778. The lowest BCUT2D eigenvalue weighted by Gasteiger charge is -2.13. The molecule has 1 heterocycles. The summed E-state index contributed by atoms with van der Waals surface area (Å²) in [6.07, 6.45) is -2.59. The van der Waals surface area contributed by atoms with Gasteiger partial charge in [0.1, 0.15) is 18.8 Å². The number of hydrogen-bond acceptors (Lipinski definition) is 4. The Morgan fingerprint density at radius 1 is 1.53 bits per heavy atom. The highest BCUT2D eigenvalue weighted by Gasteiger charge is 2.27. The van der Waals surface area contributed by atoms with E-state index in [9.17, 15) is 13.2 Å². The van der Waals surface area contributed by atoms with E-state index in [0.29, 0.717) is 18.8 Å². The predicted octanol–water partition coefficient (Wildman–Crippen LogP) is 0.747. The van der Waals surface area contributed by atoms with Gasteiger partial charge in [-0.15, -0.1) is 0 Å². The van der Waals surface area contributed by atoms with Crippen LogP contribution in [0.15, 0.2) is 6.33 Å². The molecule has 1 atom stereocenters. The molecule has 0 amide bonds. The van der Waals surface area contributed by atoms with Crippen LogP contribution in [0.3, 0.4) is 0 Å². The van der Waals surface area contributed by atoms with Gasteiger partial charge in [-0.3, -0.25) is 4.68 Å². The van der Waals surface area contributed by atoms with Crippen molar-refractivity contribution in [2.24, 2.45) is 5.73 Å². The van der Waals surface area contributed by atoms with Crippen molar-refractivity contribution in [1.82, 2.24) is 14.8 Å². The largest absolute Gasteiger partial charge is 0.411 e. The van der Waals surface area contributed by atoms with Crippen molar-refractivity contribution in [2.45, 2.75) is 32.1 Å². The first kappa shape index (κ1) is 13.9. The van der Waals surface area contributed by atoms with Gasteiger partial charge in [0.05, 0.1) is 6.61 Å². The zero-order valence-corrected chi connectivity index (χ0v) is 9.44. The van der Waals surface area contributed by atoms with Crippen LogP contribution in [0.2, 0.25) is 0 Å². The second-order valence-corrected chi connectivity index (χ2v) is 3.59. The first-order chi connectivity index (χ1) is 7.92. The maximum absolute atomic E-state index is 11.8. The molecule has 0 radical (unpaired) electrons. The van der Waals surface area contributed by atoms with Gasteiger partial charge in [0.25, 0.3) is 0 Å². The molecule has 0 saturated heterocycles. The fourth-order valence-electron chi connectivity index (χ4n) is 1.33. The van der Waals surface area contributed by atoms with E-state index >= 15 is 0 Å². The summed E-state index contributed by atoms with van der Waals surface area (Å²) in [5, 5.41) is 3.94. The third-order valence-corrected chi connectivity index (χ3v) is 2.04. The van der Waals surface area contributed by atoms with Crippen LogP contribution in [0.25, 0.3) is 0 Å². The summed E-state index contributed by atoms with van der Waals surface area (Å²) in [5.41, 5.74) is 5.64. The summed E-state index contributed by atoms with van der Waals surface area (Å²) >= 11 is 0. The van der Waals surface area contributed by atoms with Crippen molar-refractivity contribution in [3.05, 3.63) is 12.2 Å². The number of nitrogens with zero attached hydrogens (tertiary/aromatic N) is 3. The van der Waals surface area contributed by atoms with E-state index in [1.54, 1.807) is 4.68 Å². The van der Waals surface area contributed by atoms with E-state index in [2.05, 4.69) is 14.8 Å². The molecule has 0 bridgehead atoms. The van der Waals surface area contributed by atoms with E-state index < -0.39 is 18.8 Å². The smallest absolute Gasteiger partial charge is 0.370 e. The van der Waals surface area contributed by atoms with Gasteiger partial charge in [-0.25, -0.2) is 4.98 Å². The van der Waals surface area contributed by atoms with Crippen LogP contribution in [0.5, 0.6) is 0 Å². The highest BCUT2D eigenvalue weighted by molar-refractivity contribution is 4.88. The second-order valence-electron chi connectivity index (χ2n) is 3.59.